The number of benzene rings is 1. The molecule has 0 radical (unpaired) electrons. The summed E-state index contributed by atoms with van der Waals surface area (Å²) in [6.45, 7) is 5.02. The zero-order valence-corrected chi connectivity index (χ0v) is 15.2. The van der Waals surface area contributed by atoms with Crippen LogP contribution in [-0.2, 0) is 9.53 Å². The maximum atomic E-state index is 12.2. The van der Waals surface area contributed by atoms with Gasteiger partial charge in [0.1, 0.15) is 10.6 Å². The number of thiazole rings is 1. The molecule has 2 aromatic rings. The van der Waals surface area contributed by atoms with Gasteiger partial charge in [-0.25, -0.2) is 9.78 Å². The molecule has 6 nitrogen and oxygen atoms in total. The van der Waals surface area contributed by atoms with Gasteiger partial charge in [-0.05, 0) is 39.0 Å². The second-order valence-electron chi connectivity index (χ2n) is 5.03. The van der Waals surface area contributed by atoms with Crippen molar-refractivity contribution < 1.29 is 19.1 Å². The van der Waals surface area contributed by atoms with Crippen LogP contribution in [0.25, 0.3) is 0 Å². The topological polar surface area (TPSA) is 77.5 Å². The summed E-state index contributed by atoms with van der Waals surface area (Å²) in [6.07, 6.45) is -0.983. The molecule has 2 rings (SSSR count). The van der Waals surface area contributed by atoms with Crippen molar-refractivity contribution in [3.63, 3.8) is 0 Å². The lowest BCUT2D eigenvalue weighted by Gasteiger charge is -2.15. The quantitative estimate of drug-likeness (QED) is 0.816. The summed E-state index contributed by atoms with van der Waals surface area (Å²) in [6, 6.07) is 4.84. The summed E-state index contributed by atoms with van der Waals surface area (Å²) in [7, 11) is 1.48. The maximum Gasteiger partial charge on any atom is 0.351 e. The Balaban J connectivity index is 2.06. The molecule has 0 unspecified atom stereocenters. The molecular formula is C16H17ClN2O4S. The number of nitrogens with one attached hydrogen (secondary N) is 1. The van der Waals surface area contributed by atoms with Crippen LogP contribution in [0.5, 0.6) is 5.75 Å². The zero-order valence-electron chi connectivity index (χ0n) is 13.7. The molecule has 1 amide bonds. The third-order valence-corrected chi connectivity index (χ3v) is 4.45. The first-order valence-corrected chi connectivity index (χ1v) is 8.30. The van der Waals surface area contributed by atoms with E-state index in [0.29, 0.717) is 27.0 Å². The summed E-state index contributed by atoms with van der Waals surface area (Å²) < 4.78 is 10.4. The Bertz CT molecular complexity index is 775. The number of halogens is 1. The van der Waals surface area contributed by atoms with E-state index in [2.05, 4.69) is 10.3 Å². The van der Waals surface area contributed by atoms with Crippen LogP contribution in [0.4, 0.5) is 5.69 Å². The van der Waals surface area contributed by atoms with Crippen LogP contribution in [0, 0.1) is 13.8 Å². The minimum absolute atomic E-state index is 0.396. The number of nitrogens with zero attached hydrogens (tertiary/aromatic N) is 1. The number of amides is 1. The SMILES string of the molecule is COc1ccc(Cl)cc1NC(=O)[C@H](C)OC(=O)c1sc(C)nc1C. The molecule has 0 spiro atoms. The minimum Gasteiger partial charge on any atom is -0.495 e. The fourth-order valence-corrected chi connectivity index (χ4v) is 2.98. The van der Waals surface area contributed by atoms with Crippen LogP contribution in [-0.4, -0.2) is 30.1 Å². The highest BCUT2D eigenvalue weighted by Gasteiger charge is 2.23. The largest absolute Gasteiger partial charge is 0.495 e. The lowest BCUT2D eigenvalue weighted by Crippen LogP contribution is -2.30. The number of carbonyl (C=O) groups is 2. The van der Waals surface area contributed by atoms with Gasteiger partial charge in [-0.15, -0.1) is 11.3 Å². The number of ether oxygens (including phenoxy) is 2. The first kappa shape index (κ1) is 18.2. The number of hydrogen-bond acceptors (Lipinski definition) is 6. The Labute approximate surface area is 148 Å². The number of methoxy groups -OCH3 is 1. The number of rotatable bonds is 5. The Hall–Kier alpha value is -2.12. The summed E-state index contributed by atoms with van der Waals surface area (Å²) in [5, 5.41) is 3.86. The van der Waals surface area contributed by atoms with Gasteiger partial charge in [-0.3, -0.25) is 4.79 Å². The van der Waals surface area contributed by atoms with Crippen LogP contribution < -0.4 is 10.1 Å². The van der Waals surface area contributed by atoms with E-state index in [1.54, 1.807) is 32.0 Å². The van der Waals surface area contributed by atoms with Crippen LogP contribution in [0.1, 0.15) is 27.3 Å². The molecule has 24 heavy (non-hydrogen) atoms. The highest BCUT2D eigenvalue weighted by molar-refractivity contribution is 7.13. The van der Waals surface area contributed by atoms with Gasteiger partial charge in [0.05, 0.1) is 23.5 Å². The van der Waals surface area contributed by atoms with Gasteiger partial charge in [0, 0.05) is 5.02 Å². The molecule has 0 bridgehead atoms. The van der Waals surface area contributed by atoms with E-state index in [9.17, 15) is 9.59 Å². The van der Waals surface area contributed by atoms with E-state index in [-0.39, 0.29) is 0 Å². The first-order chi connectivity index (χ1) is 11.3. The highest BCUT2D eigenvalue weighted by Crippen LogP contribution is 2.28. The molecule has 0 aliphatic rings. The second kappa shape index (κ2) is 7.63. The van der Waals surface area contributed by atoms with Gasteiger partial charge in [0.2, 0.25) is 0 Å². The van der Waals surface area contributed by atoms with E-state index in [0.717, 1.165) is 5.01 Å². The van der Waals surface area contributed by atoms with E-state index in [4.69, 9.17) is 21.1 Å². The van der Waals surface area contributed by atoms with Crippen molar-refractivity contribution in [2.45, 2.75) is 26.9 Å². The molecule has 0 saturated carbocycles. The number of aryl methyl sites for hydroxylation is 2. The lowest BCUT2D eigenvalue weighted by molar-refractivity contribution is -0.123. The maximum absolute atomic E-state index is 12.2. The fraction of sp³-hybridized carbons (Fsp3) is 0.312. The number of aromatic nitrogens is 1. The summed E-state index contributed by atoms with van der Waals surface area (Å²) >= 11 is 7.16. The van der Waals surface area contributed by atoms with E-state index in [1.165, 1.54) is 25.4 Å². The van der Waals surface area contributed by atoms with Gasteiger partial charge in [-0.2, -0.15) is 0 Å². The van der Waals surface area contributed by atoms with Crippen LogP contribution >= 0.6 is 22.9 Å². The van der Waals surface area contributed by atoms with E-state index >= 15 is 0 Å². The van der Waals surface area contributed by atoms with Crippen molar-refractivity contribution in [3.8, 4) is 5.75 Å². The summed E-state index contributed by atoms with van der Waals surface area (Å²) in [5.41, 5.74) is 0.995. The molecule has 1 aromatic heterocycles. The third-order valence-electron chi connectivity index (χ3n) is 3.16. The predicted octanol–water partition coefficient (Wildman–Crippen LogP) is 3.61. The molecule has 1 aromatic carbocycles. The molecule has 0 fully saturated rings. The Kier molecular flexibility index (Phi) is 5.80. The minimum atomic E-state index is -0.983. The monoisotopic (exact) mass is 368 g/mol. The molecule has 1 heterocycles. The molecular weight excluding hydrogens is 352 g/mol. The Morgan fingerprint density at radius 3 is 2.62 bits per heavy atom. The third kappa shape index (κ3) is 4.24. The van der Waals surface area contributed by atoms with Gasteiger partial charge in [-0.1, -0.05) is 11.6 Å². The van der Waals surface area contributed by atoms with Gasteiger partial charge in [0.25, 0.3) is 5.91 Å². The summed E-state index contributed by atoms with van der Waals surface area (Å²) in [5.74, 6) is -0.596. The van der Waals surface area contributed by atoms with Crippen molar-refractivity contribution >= 4 is 40.5 Å². The molecule has 0 aliphatic carbocycles. The number of hydrogen-bond donors (Lipinski definition) is 1. The van der Waals surface area contributed by atoms with Crippen LogP contribution in [0.3, 0.4) is 0 Å². The van der Waals surface area contributed by atoms with Crippen molar-refractivity contribution in [3.05, 3.63) is 38.8 Å². The average molecular weight is 369 g/mol. The Morgan fingerprint density at radius 1 is 1.33 bits per heavy atom. The Morgan fingerprint density at radius 2 is 2.04 bits per heavy atom. The zero-order chi connectivity index (χ0) is 17.9. The molecule has 0 aliphatic heterocycles. The van der Waals surface area contributed by atoms with Crippen molar-refractivity contribution in [1.82, 2.24) is 4.98 Å². The molecule has 1 atom stereocenters. The van der Waals surface area contributed by atoms with Crippen molar-refractivity contribution in [2.75, 3.05) is 12.4 Å². The second-order valence-corrected chi connectivity index (χ2v) is 6.67. The molecule has 8 heteroatoms. The normalized spacial score (nSPS) is 11.7. The van der Waals surface area contributed by atoms with Crippen LogP contribution in [0.15, 0.2) is 18.2 Å². The first-order valence-electron chi connectivity index (χ1n) is 7.11. The molecule has 0 saturated heterocycles. The van der Waals surface area contributed by atoms with Crippen LogP contribution in [0.2, 0.25) is 5.02 Å². The van der Waals surface area contributed by atoms with Gasteiger partial charge >= 0.3 is 5.97 Å². The molecule has 1 N–H and O–H groups in total. The van der Waals surface area contributed by atoms with E-state index < -0.39 is 18.0 Å². The molecule has 128 valence electrons. The van der Waals surface area contributed by atoms with E-state index in [1.807, 2.05) is 0 Å². The smallest absolute Gasteiger partial charge is 0.351 e. The fourth-order valence-electron chi connectivity index (χ4n) is 2.00. The summed E-state index contributed by atoms with van der Waals surface area (Å²) in [4.78, 5) is 29.0. The van der Waals surface area contributed by atoms with Crippen molar-refractivity contribution in [2.24, 2.45) is 0 Å². The lowest BCUT2D eigenvalue weighted by atomic mass is 10.2. The number of anilines is 1. The number of esters is 1. The van der Waals surface area contributed by atoms with Gasteiger partial charge in [0.15, 0.2) is 6.10 Å². The predicted molar refractivity (Wildman–Crippen MR) is 93.1 cm³/mol. The highest BCUT2D eigenvalue weighted by atomic mass is 35.5. The van der Waals surface area contributed by atoms with Gasteiger partial charge < -0.3 is 14.8 Å². The number of carbonyl (C=O) groups excluding carboxylic acids is 2. The average Bonchev–Trinajstić information content (AvgIpc) is 2.86. The van der Waals surface area contributed by atoms with Crippen molar-refractivity contribution in [1.29, 1.82) is 0 Å². The standard InChI is InChI=1S/C16H17ClN2O4S/c1-8-14(24-10(3)18-8)16(21)23-9(2)15(20)19-12-7-11(17)5-6-13(12)22-4/h5-7,9H,1-4H3,(H,19,20)/t9-/m0/s1.